The van der Waals surface area contributed by atoms with E-state index in [9.17, 15) is 9.59 Å². The molecular weight excluding hydrogens is 448 g/mol. The molecule has 1 heterocycles. The summed E-state index contributed by atoms with van der Waals surface area (Å²) < 4.78 is 11.3. The van der Waals surface area contributed by atoms with Crippen LogP contribution < -0.4 is 14.8 Å². The number of hydrogen-bond donors (Lipinski definition) is 2. The van der Waals surface area contributed by atoms with E-state index in [0.717, 1.165) is 10.2 Å². The topological polar surface area (TPSA) is 97.2 Å². The molecule has 7 nitrogen and oxygen atoms in total. The number of aliphatic imine (C=N–C) groups is 1. The molecule has 1 aliphatic rings. The molecule has 28 heavy (non-hydrogen) atoms. The maximum Gasteiger partial charge on any atom is 0.341 e. The Morgan fingerprint density at radius 1 is 1.29 bits per heavy atom. The molecule has 1 fully saturated rings. The molecule has 0 bridgehead atoms. The number of benzene rings is 2. The van der Waals surface area contributed by atoms with Crippen LogP contribution in [0.25, 0.3) is 6.08 Å². The summed E-state index contributed by atoms with van der Waals surface area (Å²) in [7, 11) is 1.46. The highest BCUT2D eigenvalue weighted by atomic mass is 79.9. The number of aliphatic carboxylic acids is 1. The fraction of sp³-hybridized carbons (Fsp3) is 0.105. The van der Waals surface area contributed by atoms with Crippen molar-refractivity contribution in [3.05, 3.63) is 57.4 Å². The van der Waals surface area contributed by atoms with Crippen LogP contribution in [-0.2, 0) is 9.59 Å². The first-order valence-corrected chi connectivity index (χ1v) is 9.63. The largest absolute Gasteiger partial charge is 0.493 e. The third-order valence-electron chi connectivity index (χ3n) is 3.53. The first kappa shape index (κ1) is 20.0. The monoisotopic (exact) mass is 462 g/mol. The van der Waals surface area contributed by atoms with Gasteiger partial charge in [0.25, 0.3) is 5.91 Å². The van der Waals surface area contributed by atoms with Gasteiger partial charge in [-0.3, -0.25) is 4.79 Å². The number of ether oxygens (including phenoxy) is 2. The van der Waals surface area contributed by atoms with Crippen molar-refractivity contribution in [2.75, 3.05) is 13.7 Å². The molecule has 0 atom stereocenters. The number of hydrogen-bond acceptors (Lipinski definition) is 6. The van der Waals surface area contributed by atoms with Gasteiger partial charge in [0.1, 0.15) is 0 Å². The lowest BCUT2D eigenvalue weighted by Crippen LogP contribution is -2.19. The van der Waals surface area contributed by atoms with Crippen molar-refractivity contribution < 1.29 is 24.2 Å². The molecule has 0 aromatic heterocycles. The van der Waals surface area contributed by atoms with E-state index in [1.807, 2.05) is 24.3 Å². The summed E-state index contributed by atoms with van der Waals surface area (Å²) in [6, 6.07) is 12.4. The van der Waals surface area contributed by atoms with Crippen LogP contribution >= 0.6 is 27.7 Å². The molecule has 144 valence electrons. The zero-order chi connectivity index (χ0) is 20.1. The summed E-state index contributed by atoms with van der Waals surface area (Å²) in [4.78, 5) is 27.8. The summed E-state index contributed by atoms with van der Waals surface area (Å²) >= 11 is 4.62. The van der Waals surface area contributed by atoms with Crippen molar-refractivity contribution in [1.29, 1.82) is 0 Å². The Balaban J connectivity index is 1.79. The predicted octanol–water partition coefficient (Wildman–Crippen LogP) is 3.81. The molecule has 0 saturated carbocycles. The minimum atomic E-state index is -1.08. The number of methoxy groups -OCH3 is 1. The zero-order valence-electron chi connectivity index (χ0n) is 14.6. The lowest BCUT2D eigenvalue weighted by Gasteiger charge is -2.09. The van der Waals surface area contributed by atoms with Crippen molar-refractivity contribution in [1.82, 2.24) is 5.32 Å². The van der Waals surface area contributed by atoms with E-state index in [2.05, 4.69) is 26.2 Å². The van der Waals surface area contributed by atoms with Crippen LogP contribution in [0.15, 0.2) is 56.8 Å². The summed E-state index contributed by atoms with van der Waals surface area (Å²) in [6.45, 7) is -0.468. The molecule has 1 aliphatic heterocycles. The Bertz CT molecular complexity index is 990. The standard InChI is InChI=1S/C19H15BrN2O5S/c1-26-15-7-11(5-6-14(15)27-10-17(23)24)8-16-18(25)22-19(28-16)21-13-4-2-3-12(20)9-13/h2-9H,10H2,1H3,(H,23,24)(H,21,22,25)/b16-8-. The van der Waals surface area contributed by atoms with Gasteiger partial charge >= 0.3 is 5.97 Å². The highest BCUT2D eigenvalue weighted by Crippen LogP contribution is 2.32. The molecule has 2 aromatic rings. The number of carbonyl (C=O) groups excluding carboxylic acids is 1. The molecule has 0 unspecified atom stereocenters. The van der Waals surface area contributed by atoms with Crippen molar-refractivity contribution in [2.24, 2.45) is 4.99 Å². The number of amides is 1. The van der Waals surface area contributed by atoms with Gasteiger partial charge < -0.3 is 19.9 Å². The fourth-order valence-electron chi connectivity index (χ4n) is 2.33. The van der Waals surface area contributed by atoms with Gasteiger partial charge in [-0.1, -0.05) is 28.1 Å². The number of nitrogens with zero attached hydrogens (tertiary/aromatic N) is 1. The summed E-state index contributed by atoms with van der Waals surface area (Å²) in [5.74, 6) is -0.636. The van der Waals surface area contributed by atoms with E-state index in [0.29, 0.717) is 27.1 Å². The Labute approximate surface area is 173 Å². The highest BCUT2D eigenvalue weighted by molar-refractivity contribution is 9.10. The Kier molecular flexibility index (Phi) is 6.37. The Morgan fingerprint density at radius 2 is 2.11 bits per heavy atom. The lowest BCUT2D eigenvalue weighted by atomic mass is 10.2. The molecule has 1 amide bonds. The highest BCUT2D eigenvalue weighted by Gasteiger charge is 2.24. The van der Waals surface area contributed by atoms with Crippen LogP contribution in [0.3, 0.4) is 0 Å². The van der Waals surface area contributed by atoms with Crippen LogP contribution in [0.4, 0.5) is 5.69 Å². The third-order valence-corrected chi connectivity index (χ3v) is 4.93. The number of rotatable bonds is 6. The Hall–Kier alpha value is -2.78. The maximum absolute atomic E-state index is 12.2. The SMILES string of the molecule is COc1cc(/C=C2\SC(=Nc3cccc(Br)c3)NC2=O)ccc1OCC(=O)O. The quantitative estimate of drug-likeness (QED) is 0.633. The van der Waals surface area contributed by atoms with Crippen molar-refractivity contribution in [2.45, 2.75) is 0 Å². The van der Waals surface area contributed by atoms with E-state index >= 15 is 0 Å². The average Bonchev–Trinajstić information content (AvgIpc) is 2.99. The van der Waals surface area contributed by atoms with E-state index in [-0.39, 0.29) is 5.91 Å². The molecule has 1 saturated heterocycles. The fourth-order valence-corrected chi connectivity index (χ4v) is 3.56. The molecule has 0 aliphatic carbocycles. The lowest BCUT2D eigenvalue weighted by molar-refractivity contribution is -0.139. The van der Waals surface area contributed by atoms with Crippen LogP contribution in [0.5, 0.6) is 11.5 Å². The first-order valence-electron chi connectivity index (χ1n) is 8.02. The summed E-state index contributed by atoms with van der Waals surface area (Å²) in [5, 5.41) is 11.9. The summed E-state index contributed by atoms with van der Waals surface area (Å²) in [6.07, 6.45) is 1.70. The molecule has 3 rings (SSSR count). The van der Waals surface area contributed by atoms with E-state index in [1.54, 1.807) is 24.3 Å². The number of carboxylic acid groups (broad SMARTS) is 1. The smallest absolute Gasteiger partial charge is 0.341 e. The van der Waals surface area contributed by atoms with Gasteiger partial charge in [0.05, 0.1) is 17.7 Å². The Morgan fingerprint density at radius 3 is 2.82 bits per heavy atom. The maximum atomic E-state index is 12.2. The van der Waals surface area contributed by atoms with Crippen LogP contribution in [0, 0.1) is 0 Å². The van der Waals surface area contributed by atoms with E-state index < -0.39 is 12.6 Å². The second kappa shape index (κ2) is 8.94. The molecule has 2 aromatic carbocycles. The molecule has 0 spiro atoms. The number of halogens is 1. The van der Waals surface area contributed by atoms with Crippen molar-refractivity contribution in [3.8, 4) is 11.5 Å². The zero-order valence-corrected chi connectivity index (χ0v) is 17.0. The van der Waals surface area contributed by atoms with Crippen LogP contribution in [0.2, 0.25) is 0 Å². The van der Waals surface area contributed by atoms with Gasteiger partial charge in [0.2, 0.25) is 0 Å². The number of nitrogens with one attached hydrogen (secondary N) is 1. The number of carboxylic acids is 1. The van der Waals surface area contributed by atoms with Crippen molar-refractivity contribution in [3.63, 3.8) is 0 Å². The predicted molar refractivity (Wildman–Crippen MR) is 111 cm³/mol. The van der Waals surface area contributed by atoms with E-state index in [1.165, 1.54) is 18.9 Å². The number of thioether (sulfide) groups is 1. The van der Waals surface area contributed by atoms with Gasteiger partial charge in [-0.2, -0.15) is 0 Å². The first-order chi connectivity index (χ1) is 13.4. The molecule has 0 radical (unpaired) electrons. The number of amidine groups is 1. The minimum absolute atomic E-state index is 0.246. The molecular formula is C19H15BrN2O5S. The van der Waals surface area contributed by atoms with Gasteiger partial charge in [-0.25, -0.2) is 9.79 Å². The van der Waals surface area contributed by atoms with E-state index in [4.69, 9.17) is 14.6 Å². The average molecular weight is 463 g/mol. The normalized spacial score (nSPS) is 16.3. The minimum Gasteiger partial charge on any atom is -0.493 e. The second-order valence-electron chi connectivity index (χ2n) is 5.55. The van der Waals surface area contributed by atoms with Gasteiger partial charge in [-0.15, -0.1) is 0 Å². The second-order valence-corrected chi connectivity index (χ2v) is 7.50. The van der Waals surface area contributed by atoms with Gasteiger partial charge in [0.15, 0.2) is 23.3 Å². The van der Waals surface area contributed by atoms with Crippen molar-refractivity contribution >= 4 is 56.5 Å². The molecule has 2 N–H and O–H groups in total. The van der Waals surface area contributed by atoms with Gasteiger partial charge in [0, 0.05) is 4.47 Å². The number of carbonyl (C=O) groups is 2. The van der Waals surface area contributed by atoms with Gasteiger partial charge in [-0.05, 0) is 53.7 Å². The van der Waals surface area contributed by atoms with Crippen LogP contribution in [-0.4, -0.2) is 35.9 Å². The summed E-state index contributed by atoms with van der Waals surface area (Å²) in [5.41, 5.74) is 1.43. The van der Waals surface area contributed by atoms with Crippen LogP contribution in [0.1, 0.15) is 5.56 Å². The molecule has 9 heteroatoms. The third kappa shape index (κ3) is 5.14.